The first kappa shape index (κ1) is 11.1. The van der Waals surface area contributed by atoms with Crippen molar-refractivity contribution in [3.8, 4) is 5.82 Å². The molecule has 5 heteroatoms. The van der Waals surface area contributed by atoms with Gasteiger partial charge in [0, 0.05) is 12.3 Å². The molecule has 0 saturated heterocycles. The Hall–Kier alpha value is -1.42. The van der Waals surface area contributed by atoms with Crippen LogP contribution in [0, 0.1) is 5.92 Å². The third-order valence-corrected chi connectivity index (χ3v) is 2.39. The molecule has 0 amide bonds. The highest BCUT2D eigenvalue weighted by atomic mass is 35.5. The Morgan fingerprint density at radius 1 is 1.44 bits per heavy atom. The Kier molecular flexibility index (Phi) is 3.19. The van der Waals surface area contributed by atoms with Crippen LogP contribution < -0.4 is 0 Å². The van der Waals surface area contributed by atoms with E-state index in [4.69, 9.17) is 11.6 Å². The average molecular weight is 237 g/mol. The standard InChI is InChI=1S/C11H13ClN4/c1-8(2)5-9-6-10(12)16(15-9)11-3-4-13-7-14-11/h3-4,6-8H,5H2,1-2H3. The van der Waals surface area contributed by atoms with Crippen molar-refractivity contribution in [1.29, 1.82) is 0 Å². The molecule has 84 valence electrons. The van der Waals surface area contributed by atoms with Crippen molar-refractivity contribution in [2.45, 2.75) is 20.3 Å². The second-order valence-corrected chi connectivity index (χ2v) is 4.42. The minimum atomic E-state index is 0.560. The molecular weight excluding hydrogens is 224 g/mol. The highest BCUT2D eigenvalue weighted by Crippen LogP contribution is 2.17. The van der Waals surface area contributed by atoms with Gasteiger partial charge in [0.25, 0.3) is 0 Å². The average Bonchev–Trinajstić information content (AvgIpc) is 2.60. The number of nitrogens with zero attached hydrogens (tertiary/aromatic N) is 4. The normalized spacial score (nSPS) is 11.0. The van der Waals surface area contributed by atoms with Gasteiger partial charge in [-0.05, 0) is 18.4 Å². The Labute approximate surface area is 99.3 Å². The van der Waals surface area contributed by atoms with Crippen molar-refractivity contribution >= 4 is 11.6 Å². The molecule has 0 aromatic carbocycles. The predicted octanol–water partition coefficient (Wildman–Crippen LogP) is 2.51. The summed E-state index contributed by atoms with van der Waals surface area (Å²) in [6, 6.07) is 3.65. The zero-order valence-corrected chi connectivity index (χ0v) is 10.0. The summed E-state index contributed by atoms with van der Waals surface area (Å²) in [4.78, 5) is 7.97. The van der Waals surface area contributed by atoms with Crippen molar-refractivity contribution < 1.29 is 0 Å². The van der Waals surface area contributed by atoms with Gasteiger partial charge in [0.1, 0.15) is 11.5 Å². The maximum atomic E-state index is 6.10. The van der Waals surface area contributed by atoms with Gasteiger partial charge in [0.15, 0.2) is 5.82 Å². The Morgan fingerprint density at radius 3 is 2.88 bits per heavy atom. The van der Waals surface area contributed by atoms with E-state index in [1.165, 1.54) is 6.33 Å². The summed E-state index contributed by atoms with van der Waals surface area (Å²) >= 11 is 6.10. The lowest BCUT2D eigenvalue weighted by atomic mass is 10.1. The molecular formula is C11H13ClN4. The Bertz CT molecular complexity index is 464. The van der Waals surface area contributed by atoms with Crippen LogP contribution in [0.15, 0.2) is 24.7 Å². The molecule has 2 heterocycles. The smallest absolute Gasteiger partial charge is 0.158 e. The van der Waals surface area contributed by atoms with E-state index in [9.17, 15) is 0 Å². The van der Waals surface area contributed by atoms with Crippen LogP contribution in [0.5, 0.6) is 0 Å². The van der Waals surface area contributed by atoms with E-state index in [0.717, 1.165) is 12.1 Å². The van der Waals surface area contributed by atoms with E-state index in [1.54, 1.807) is 16.9 Å². The van der Waals surface area contributed by atoms with Crippen LogP contribution in [0.4, 0.5) is 0 Å². The molecule has 0 saturated carbocycles. The molecule has 2 rings (SSSR count). The zero-order valence-electron chi connectivity index (χ0n) is 9.26. The molecule has 0 fully saturated rings. The maximum absolute atomic E-state index is 6.10. The second-order valence-electron chi connectivity index (χ2n) is 4.04. The van der Waals surface area contributed by atoms with Crippen molar-refractivity contribution in [3.63, 3.8) is 0 Å². The molecule has 0 unspecified atom stereocenters. The zero-order chi connectivity index (χ0) is 11.5. The summed E-state index contributed by atoms with van der Waals surface area (Å²) in [6.07, 6.45) is 4.07. The molecule has 0 aliphatic rings. The lowest BCUT2D eigenvalue weighted by molar-refractivity contribution is 0.627. The largest absolute Gasteiger partial charge is 0.245 e. The van der Waals surface area contributed by atoms with E-state index in [2.05, 4.69) is 28.9 Å². The van der Waals surface area contributed by atoms with Crippen molar-refractivity contribution in [1.82, 2.24) is 19.7 Å². The first-order chi connectivity index (χ1) is 7.66. The van der Waals surface area contributed by atoms with Crippen LogP contribution in [0.3, 0.4) is 0 Å². The molecule has 2 aromatic heterocycles. The number of rotatable bonds is 3. The molecule has 2 aromatic rings. The SMILES string of the molecule is CC(C)Cc1cc(Cl)n(-c2ccncn2)n1. The Morgan fingerprint density at radius 2 is 2.25 bits per heavy atom. The fourth-order valence-corrected chi connectivity index (χ4v) is 1.74. The minimum absolute atomic E-state index is 0.560. The third-order valence-electron chi connectivity index (χ3n) is 2.12. The molecule has 0 atom stereocenters. The predicted molar refractivity (Wildman–Crippen MR) is 62.7 cm³/mol. The van der Waals surface area contributed by atoms with Gasteiger partial charge in [0.05, 0.1) is 5.69 Å². The van der Waals surface area contributed by atoms with Crippen LogP contribution in [0.2, 0.25) is 5.15 Å². The highest BCUT2D eigenvalue weighted by molar-refractivity contribution is 6.29. The first-order valence-electron chi connectivity index (χ1n) is 5.17. The van der Waals surface area contributed by atoms with Gasteiger partial charge in [-0.3, -0.25) is 0 Å². The summed E-state index contributed by atoms with van der Waals surface area (Å²) in [5, 5.41) is 4.99. The van der Waals surface area contributed by atoms with Crippen molar-refractivity contribution in [3.05, 3.63) is 35.5 Å². The van der Waals surface area contributed by atoms with Crippen LogP contribution in [0.25, 0.3) is 5.82 Å². The second kappa shape index (κ2) is 4.61. The maximum Gasteiger partial charge on any atom is 0.158 e. The fraction of sp³-hybridized carbons (Fsp3) is 0.364. The van der Waals surface area contributed by atoms with Gasteiger partial charge in [0.2, 0.25) is 0 Å². The summed E-state index contributed by atoms with van der Waals surface area (Å²) in [7, 11) is 0. The van der Waals surface area contributed by atoms with Gasteiger partial charge in [-0.2, -0.15) is 5.10 Å². The van der Waals surface area contributed by atoms with E-state index < -0.39 is 0 Å². The quantitative estimate of drug-likeness (QED) is 0.823. The minimum Gasteiger partial charge on any atom is -0.245 e. The summed E-state index contributed by atoms with van der Waals surface area (Å²) in [5.74, 6) is 1.25. The van der Waals surface area contributed by atoms with Crippen molar-refractivity contribution in [2.24, 2.45) is 5.92 Å². The molecule has 0 spiro atoms. The lowest BCUT2D eigenvalue weighted by Gasteiger charge is -2.01. The monoisotopic (exact) mass is 236 g/mol. The molecule has 0 radical (unpaired) electrons. The number of halogens is 1. The third kappa shape index (κ3) is 2.39. The fourth-order valence-electron chi connectivity index (χ4n) is 1.49. The van der Waals surface area contributed by atoms with Gasteiger partial charge < -0.3 is 0 Å². The molecule has 0 aliphatic carbocycles. The van der Waals surface area contributed by atoms with E-state index in [1.807, 2.05) is 6.07 Å². The molecule has 4 nitrogen and oxygen atoms in total. The van der Waals surface area contributed by atoms with Gasteiger partial charge >= 0.3 is 0 Å². The van der Waals surface area contributed by atoms with E-state index in [-0.39, 0.29) is 0 Å². The van der Waals surface area contributed by atoms with Crippen LogP contribution in [-0.4, -0.2) is 19.7 Å². The van der Waals surface area contributed by atoms with Crippen molar-refractivity contribution in [2.75, 3.05) is 0 Å². The van der Waals surface area contributed by atoms with Gasteiger partial charge in [-0.15, -0.1) is 0 Å². The summed E-state index contributed by atoms with van der Waals surface area (Å²) in [5.41, 5.74) is 0.985. The van der Waals surface area contributed by atoms with Gasteiger partial charge in [-0.1, -0.05) is 25.4 Å². The Balaban J connectivity index is 2.32. The van der Waals surface area contributed by atoms with Crippen LogP contribution >= 0.6 is 11.6 Å². The number of hydrogen-bond acceptors (Lipinski definition) is 3. The molecule has 0 aliphatic heterocycles. The van der Waals surface area contributed by atoms with Gasteiger partial charge in [-0.25, -0.2) is 14.6 Å². The van der Waals surface area contributed by atoms with E-state index in [0.29, 0.717) is 16.9 Å². The molecule has 16 heavy (non-hydrogen) atoms. The van der Waals surface area contributed by atoms with E-state index >= 15 is 0 Å². The number of hydrogen-bond donors (Lipinski definition) is 0. The summed E-state index contributed by atoms with van der Waals surface area (Å²) in [6.45, 7) is 4.30. The molecule has 0 bridgehead atoms. The van der Waals surface area contributed by atoms with Crippen LogP contribution in [0.1, 0.15) is 19.5 Å². The summed E-state index contributed by atoms with van der Waals surface area (Å²) < 4.78 is 1.63. The number of aromatic nitrogens is 4. The first-order valence-corrected chi connectivity index (χ1v) is 5.55. The topological polar surface area (TPSA) is 43.6 Å². The highest BCUT2D eigenvalue weighted by Gasteiger charge is 2.09. The molecule has 0 N–H and O–H groups in total. The lowest BCUT2D eigenvalue weighted by Crippen LogP contribution is -2.01. The van der Waals surface area contributed by atoms with Crippen LogP contribution in [-0.2, 0) is 6.42 Å².